The maximum atomic E-state index is 12.8. The van der Waals surface area contributed by atoms with Gasteiger partial charge in [-0.05, 0) is 42.9 Å². The third-order valence-electron chi connectivity index (χ3n) is 4.31. The van der Waals surface area contributed by atoms with Gasteiger partial charge in [-0.2, -0.15) is 0 Å². The van der Waals surface area contributed by atoms with Gasteiger partial charge in [0.05, 0.1) is 5.39 Å². The molecule has 3 heterocycles. The number of pyridine rings is 1. The predicted molar refractivity (Wildman–Crippen MR) is 100 cm³/mol. The summed E-state index contributed by atoms with van der Waals surface area (Å²) < 4.78 is 1.68. The van der Waals surface area contributed by atoms with E-state index in [4.69, 9.17) is 16.6 Å². The van der Waals surface area contributed by atoms with Crippen LogP contribution in [-0.4, -0.2) is 14.5 Å². The number of hydrogen-bond acceptors (Lipinski definition) is 5. The van der Waals surface area contributed by atoms with Crippen LogP contribution >= 0.6 is 34.7 Å². The van der Waals surface area contributed by atoms with Crippen molar-refractivity contribution in [2.45, 2.75) is 36.6 Å². The van der Waals surface area contributed by atoms with Crippen molar-refractivity contribution >= 4 is 44.9 Å². The zero-order valence-corrected chi connectivity index (χ0v) is 15.6. The van der Waals surface area contributed by atoms with Crippen LogP contribution in [0.15, 0.2) is 28.3 Å². The lowest BCUT2D eigenvalue weighted by atomic mass is 9.97. The molecule has 0 atom stereocenters. The molecule has 4 rings (SSSR count). The van der Waals surface area contributed by atoms with Crippen molar-refractivity contribution < 1.29 is 0 Å². The number of rotatable bonds is 3. The first-order valence-electron chi connectivity index (χ1n) is 7.88. The smallest absolute Gasteiger partial charge is 0.262 e. The van der Waals surface area contributed by atoms with Gasteiger partial charge in [0.1, 0.15) is 9.98 Å². The number of thioether (sulfide) groups is 1. The molecule has 0 unspecified atom stereocenters. The molecule has 0 saturated carbocycles. The van der Waals surface area contributed by atoms with Crippen molar-refractivity contribution in [3.05, 3.63) is 49.8 Å². The standard InChI is InChI=1S/C17H16ClN3OS2/c1-21-16(22)14-11-4-2-3-5-12(11)24-15(14)20-17(21)23-9-10-6-7-13(18)19-8-10/h6-8H,2-5,9H2,1H3. The van der Waals surface area contributed by atoms with E-state index in [-0.39, 0.29) is 5.56 Å². The van der Waals surface area contributed by atoms with Crippen LogP contribution in [0.5, 0.6) is 0 Å². The third kappa shape index (κ3) is 2.87. The number of hydrogen-bond donors (Lipinski definition) is 0. The summed E-state index contributed by atoms with van der Waals surface area (Å²) in [6.07, 6.45) is 6.23. The van der Waals surface area contributed by atoms with Crippen molar-refractivity contribution in [1.29, 1.82) is 0 Å². The minimum Gasteiger partial charge on any atom is -0.290 e. The molecule has 3 aromatic rings. The Morgan fingerprint density at radius 3 is 2.96 bits per heavy atom. The summed E-state index contributed by atoms with van der Waals surface area (Å²) in [4.78, 5) is 23.9. The molecule has 4 nitrogen and oxygen atoms in total. The minimum absolute atomic E-state index is 0.0798. The summed E-state index contributed by atoms with van der Waals surface area (Å²) in [6, 6.07) is 3.73. The molecule has 1 aliphatic rings. The predicted octanol–water partition coefficient (Wildman–Crippen LogP) is 4.21. The van der Waals surface area contributed by atoms with Crippen LogP contribution in [0.2, 0.25) is 5.15 Å². The maximum Gasteiger partial charge on any atom is 0.262 e. The summed E-state index contributed by atoms with van der Waals surface area (Å²) in [5.74, 6) is 0.709. The Labute approximate surface area is 152 Å². The molecule has 124 valence electrons. The molecule has 3 aromatic heterocycles. The van der Waals surface area contributed by atoms with Crippen LogP contribution in [0.4, 0.5) is 0 Å². The molecule has 0 amide bonds. The zero-order valence-electron chi connectivity index (χ0n) is 13.2. The van der Waals surface area contributed by atoms with E-state index in [0.29, 0.717) is 10.9 Å². The lowest BCUT2D eigenvalue weighted by Gasteiger charge is -2.10. The van der Waals surface area contributed by atoms with Crippen molar-refractivity contribution in [3.63, 3.8) is 0 Å². The quantitative estimate of drug-likeness (QED) is 0.389. The van der Waals surface area contributed by atoms with Crippen molar-refractivity contribution in [2.24, 2.45) is 7.05 Å². The van der Waals surface area contributed by atoms with E-state index in [0.717, 1.165) is 33.8 Å². The highest BCUT2D eigenvalue weighted by atomic mass is 35.5. The van der Waals surface area contributed by atoms with Gasteiger partial charge in [0.25, 0.3) is 5.56 Å². The summed E-state index contributed by atoms with van der Waals surface area (Å²) in [5.41, 5.74) is 2.38. The molecule has 0 aliphatic heterocycles. The highest BCUT2D eigenvalue weighted by Gasteiger charge is 2.21. The highest BCUT2D eigenvalue weighted by Crippen LogP contribution is 2.34. The second-order valence-electron chi connectivity index (χ2n) is 5.93. The third-order valence-corrected chi connectivity index (χ3v) is 6.82. The van der Waals surface area contributed by atoms with Gasteiger partial charge in [-0.3, -0.25) is 9.36 Å². The molecule has 0 fully saturated rings. The van der Waals surface area contributed by atoms with Crippen LogP contribution in [0.3, 0.4) is 0 Å². The van der Waals surface area contributed by atoms with Gasteiger partial charge in [0, 0.05) is 23.9 Å². The summed E-state index contributed by atoms with van der Waals surface area (Å²) in [5, 5.41) is 2.08. The molecule has 0 spiro atoms. The van der Waals surface area contributed by atoms with Crippen LogP contribution < -0.4 is 5.56 Å². The van der Waals surface area contributed by atoms with Crippen molar-refractivity contribution in [2.75, 3.05) is 0 Å². The van der Waals surface area contributed by atoms with Crippen LogP contribution in [0.25, 0.3) is 10.2 Å². The molecule has 0 aromatic carbocycles. The largest absolute Gasteiger partial charge is 0.290 e. The number of aryl methyl sites for hydroxylation is 2. The molecule has 1 aliphatic carbocycles. The van der Waals surface area contributed by atoms with Crippen molar-refractivity contribution in [3.8, 4) is 0 Å². The van der Waals surface area contributed by atoms with E-state index < -0.39 is 0 Å². The van der Waals surface area contributed by atoms with Crippen LogP contribution in [0.1, 0.15) is 28.8 Å². The fraction of sp³-hybridized carbons (Fsp3) is 0.353. The molecular formula is C17H16ClN3OS2. The van der Waals surface area contributed by atoms with E-state index in [2.05, 4.69) is 4.98 Å². The Bertz CT molecular complexity index is 963. The van der Waals surface area contributed by atoms with E-state index in [9.17, 15) is 4.79 Å². The van der Waals surface area contributed by atoms with Crippen LogP contribution in [-0.2, 0) is 25.6 Å². The van der Waals surface area contributed by atoms with Gasteiger partial charge in [0.2, 0.25) is 0 Å². The number of aromatic nitrogens is 3. The summed E-state index contributed by atoms with van der Waals surface area (Å²) >= 11 is 9.06. The van der Waals surface area contributed by atoms with Gasteiger partial charge in [-0.25, -0.2) is 9.97 Å². The Morgan fingerprint density at radius 2 is 2.17 bits per heavy atom. The average molecular weight is 378 g/mol. The molecule has 0 N–H and O–H groups in total. The second-order valence-corrected chi connectivity index (χ2v) is 8.34. The molecule has 7 heteroatoms. The van der Waals surface area contributed by atoms with Crippen LogP contribution in [0, 0.1) is 0 Å². The Morgan fingerprint density at radius 1 is 1.33 bits per heavy atom. The van der Waals surface area contributed by atoms with Gasteiger partial charge >= 0.3 is 0 Å². The number of nitrogens with zero attached hydrogens (tertiary/aromatic N) is 3. The van der Waals surface area contributed by atoms with E-state index >= 15 is 0 Å². The first-order valence-corrected chi connectivity index (χ1v) is 10.1. The van der Waals surface area contributed by atoms with Gasteiger partial charge in [0.15, 0.2) is 5.16 Å². The Balaban J connectivity index is 1.70. The van der Waals surface area contributed by atoms with Crippen molar-refractivity contribution in [1.82, 2.24) is 14.5 Å². The SMILES string of the molecule is Cn1c(SCc2ccc(Cl)nc2)nc2sc3c(c2c1=O)CCCC3. The minimum atomic E-state index is 0.0798. The second kappa shape index (κ2) is 6.50. The average Bonchev–Trinajstić information content (AvgIpc) is 2.96. The maximum absolute atomic E-state index is 12.8. The monoisotopic (exact) mass is 377 g/mol. The normalized spacial score (nSPS) is 14.1. The lowest BCUT2D eigenvalue weighted by Crippen LogP contribution is -2.20. The molecule has 0 bridgehead atoms. The fourth-order valence-electron chi connectivity index (χ4n) is 3.04. The highest BCUT2D eigenvalue weighted by molar-refractivity contribution is 7.98. The van der Waals surface area contributed by atoms with E-state index in [1.165, 1.54) is 23.3 Å². The zero-order chi connectivity index (χ0) is 16.7. The van der Waals surface area contributed by atoms with Gasteiger partial charge in [-0.1, -0.05) is 29.4 Å². The first-order chi connectivity index (χ1) is 11.6. The first kappa shape index (κ1) is 16.1. The lowest BCUT2D eigenvalue weighted by molar-refractivity contribution is 0.695. The molecule has 0 radical (unpaired) electrons. The molecular weight excluding hydrogens is 362 g/mol. The summed E-state index contributed by atoms with van der Waals surface area (Å²) in [7, 11) is 1.81. The Hall–Kier alpha value is -1.37. The number of fused-ring (bicyclic) bond motifs is 3. The fourth-order valence-corrected chi connectivity index (χ4v) is 5.36. The molecule has 24 heavy (non-hydrogen) atoms. The number of halogens is 1. The van der Waals surface area contributed by atoms with Gasteiger partial charge < -0.3 is 0 Å². The Kier molecular flexibility index (Phi) is 4.37. The topological polar surface area (TPSA) is 47.8 Å². The number of thiophene rings is 1. The van der Waals surface area contributed by atoms with E-state index in [1.807, 2.05) is 13.1 Å². The molecule has 0 saturated heterocycles. The summed E-state index contributed by atoms with van der Waals surface area (Å²) in [6.45, 7) is 0. The van der Waals surface area contributed by atoms with Gasteiger partial charge in [-0.15, -0.1) is 11.3 Å². The van der Waals surface area contributed by atoms with E-state index in [1.54, 1.807) is 39.9 Å².